The minimum Gasteiger partial charge on any atom is -0.354 e. The number of hydrogen-bond acceptors (Lipinski definition) is 4. The molecule has 0 unspecified atom stereocenters. The molecule has 1 N–H and O–H groups in total. The van der Waals surface area contributed by atoms with E-state index in [0.717, 1.165) is 16.3 Å². The van der Waals surface area contributed by atoms with Crippen LogP contribution < -0.4 is 9.62 Å². The van der Waals surface area contributed by atoms with Gasteiger partial charge in [-0.2, -0.15) is 0 Å². The zero-order valence-corrected chi connectivity index (χ0v) is 24.7. The molecule has 0 radical (unpaired) electrons. The van der Waals surface area contributed by atoms with Gasteiger partial charge in [-0.3, -0.25) is 13.9 Å². The van der Waals surface area contributed by atoms with Crippen molar-refractivity contribution in [3.05, 3.63) is 93.4 Å². The highest BCUT2D eigenvalue weighted by Crippen LogP contribution is 2.31. The zero-order valence-electron chi connectivity index (χ0n) is 21.6. The summed E-state index contributed by atoms with van der Waals surface area (Å²) in [7, 11) is -4.19. The number of hydrogen-bond donors (Lipinski definition) is 1. The lowest BCUT2D eigenvalue weighted by atomic mass is 10.1. The summed E-state index contributed by atoms with van der Waals surface area (Å²) in [5, 5.41) is 3.76. The summed E-state index contributed by atoms with van der Waals surface area (Å²) in [4.78, 5) is 28.5. The number of carbonyl (C=O) groups is 2. The number of nitrogens with zero attached hydrogens (tertiary/aromatic N) is 2. The normalized spacial score (nSPS) is 12.0. The second-order valence-electron chi connectivity index (χ2n) is 8.79. The van der Waals surface area contributed by atoms with E-state index in [1.54, 1.807) is 49.4 Å². The van der Waals surface area contributed by atoms with E-state index >= 15 is 0 Å². The monoisotopic (exact) mass is 609 g/mol. The number of sulfonamides is 1. The fraction of sp³-hybridized carbons (Fsp3) is 0.286. The maximum atomic E-state index is 14.0. The molecule has 0 aromatic heterocycles. The predicted octanol–water partition coefficient (Wildman–Crippen LogP) is 6.18. The van der Waals surface area contributed by atoms with Gasteiger partial charge in [0.2, 0.25) is 11.8 Å². The second-order valence-corrected chi connectivity index (χ2v) is 11.9. The summed E-state index contributed by atoms with van der Waals surface area (Å²) in [6.45, 7) is 3.70. The molecule has 3 aromatic rings. The summed E-state index contributed by atoms with van der Waals surface area (Å²) >= 11 is 18.3. The molecule has 0 fully saturated rings. The van der Waals surface area contributed by atoms with Gasteiger partial charge < -0.3 is 10.2 Å². The van der Waals surface area contributed by atoms with E-state index in [4.69, 9.17) is 34.8 Å². The van der Waals surface area contributed by atoms with E-state index in [-0.39, 0.29) is 33.1 Å². The smallest absolute Gasteiger partial charge is 0.264 e. The van der Waals surface area contributed by atoms with Crippen LogP contribution in [0.25, 0.3) is 0 Å². The van der Waals surface area contributed by atoms with E-state index in [9.17, 15) is 18.0 Å². The van der Waals surface area contributed by atoms with Crippen LogP contribution in [-0.2, 0) is 26.2 Å². The van der Waals surface area contributed by atoms with Gasteiger partial charge in [-0.1, -0.05) is 79.0 Å². The number of carbonyl (C=O) groups excluding carboxylic acids is 2. The quantitative estimate of drug-likeness (QED) is 0.266. The van der Waals surface area contributed by atoms with Crippen molar-refractivity contribution in [1.82, 2.24) is 10.2 Å². The highest BCUT2D eigenvalue weighted by Gasteiger charge is 2.33. The van der Waals surface area contributed by atoms with Crippen molar-refractivity contribution in [2.45, 2.75) is 44.2 Å². The first kappa shape index (κ1) is 30.8. The van der Waals surface area contributed by atoms with Gasteiger partial charge in [-0.15, -0.1) is 0 Å². The van der Waals surface area contributed by atoms with E-state index in [0.29, 0.717) is 18.0 Å². The van der Waals surface area contributed by atoms with Crippen LogP contribution >= 0.6 is 34.8 Å². The van der Waals surface area contributed by atoms with Crippen LogP contribution in [0, 0.1) is 0 Å². The van der Waals surface area contributed by atoms with Crippen LogP contribution in [-0.4, -0.2) is 44.3 Å². The summed E-state index contributed by atoms with van der Waals surface area (Å²) in [6.07, 6.45) is 1.06. The molecule has 2 amide bonds. The first-order chi connectivity index (χ1) is 18.6. The molecule has 0 bridgehead atoms. The third-order valence-corrected chi connectivity index (χ3v) is 8.78. The molecule has 0 saturated carbocycles. The van der Waals surface area contributed by atoms with Crippen molar-refractivity contribution in [3.8, 4) is 0 Å². The van der Waals surface area contributed by atoms with Crippen LogP contribution in [0.2, 0.25) is 15.1 Å². The minimum atomic E-state index is -4.19. The number of nitrogens with one attached hydrogen (secondary N) is 1. The van der Waals surface area contributed by atoms with Gasteiger partial charge in [-0.25, -0.2) is 8.42 Å². The Morgan fingerprint density at radius 2 is 1.56 bits per heavy atom. The molecule has 7 nitrogen and oxygen atoms in total. The highest BCUT2D eigenvalue weighted by atomic mass is 35.5. The number of rotatable bonds is 12. The Morgan fingerprint density at radius 3 is 2.15 bits per heavy atom. The fourth-order valence-electron chi connectivity index (χ4n) is 3.96. The van der Waals surface area contributed by atoms with E-state index in [1.807, 2.05) is 6.92 Å². The Balaban J connectivity index is 2.06. The summed E-state index contributed by atoms with van der Waals surface area (Å²) in [5.41, 5.74) is 0.901. The zero-order chi connectivity index (χ0) is 28.6. The van der Waals surface area contributed by atoms with Crippen LogP contribution in [0.1, 0.15) is 32.3 Å². The first-order valence-electron chi connectivity index (χ1n) is 12.4. The Hall–Kier alpha value is -2.78. The van der Waals surface area contributed by atoms with Crippen molar-refractivity contribution < 1.29 is 18.0 Å². The molecule has 0 heterocycles. The van der Waals surface area contributed by atoms with Crippen LogP contribution in [0.3, 0.4) is 0 Å². The molecule has 0 aliphatic rings. The van der Waals surface area contributed by atoms with Crippen molar-refractivity contribution in [2.24, 2.45) is 0 Å². The Morgan fingerprint density at radius 1 is 0.897 bits per heavy atom. The minimum absolute atomic E-state index is 0.000791. The molecule has 3 aromatic carbocycles. The van der Waals surface area contributed by atoms with Crippen LogP contribution in [0.5, 0.6) is 0 Å². The SMILES string of the molecule is CCCNC(=O)[C@@H](CC)N(Cc1ccc(Cl)cc1)C(=O)CN(c1ccc(Cl)c(Cl)c1)S(=O)(=O)c1ccccc1. The first-order valence-corrected chi connectivity index (χ1v) is 15.0. The molecule has 0 aliphatic heterocycles. The molecule has 0 spiro atoms. The number of halogens is 3. The molecule has 0 aliphatic carbocycles. The predicted molar refractivity (Wildman–Crippen MR) is 157 cm³/mol. The molecular weight excluding hydrogens is 581 g/mol. The second kappa shape index (κ2) is 14.0. The standard InChI is InChI=1S/C28H30Cl3N3O4S/c1-3-16-32-28(36)26(4-2)33(18-20-10-12-21(29)13-11-20)27(35)19-34(22-14-15-24(30)25(31)17-22)39(37,38)23-8-6-5-7-9-23/h5-15,17,26H,3-4,16,18-19H2,1-2H3,(H,32,36)/t26-/m1/s1. The van der Waals surface area contributed by atoms with Gasteiger partial charge in [0.1, 0.15) is 12.6 Å². The average Bonchev–Trinajstić information content (AvgIpc) is 2.93. The fourth-order valence-corrected chi connectivity index (χ4v) is 5.81. The molecule has 39 heavy (non-hydrogen) atoms. The number of anilines is 1. The van der Waals surface area contributed by atoms with Gasteiger partial charge in [-0.05, 0) is 60.9 Å². The topological polar surface area (TPSA) is 86.8 Å². The third-order valence-electron chi connectivity index (χ3n) is 6.00. The van der Waals surface area contributed by atoms with Crippen LogP contribution in [0.4, 0.5) is 5.69 Å². The van der Waals surface area contributed by atoms with Crippen molar-refractivity contribution in [1.29, 1.82) is 0 Å². The van der Waals surface area contributed by atoms with Gasteiger partial charge in [0.05, 0.1) is 20.6 Å². The Kier molecular flexibility index (Phi) is 11.1. The van der Waals surface area contributed by atoms with E-state index < -0.39 is 28.5 Å². The highest BCUT2D eigenvalue weighted by molar-refractivity contribution is 7.92. The Bertz CT molecular complexity index is 1390. The maximum Gasteiger partial charge on any atom is 0.264 e. The van der Waals surface area contributed by atoms with E-state index in [1.165, 1.54) is 35.2 Å². The van der Waals surface area contributed by atoms with Gasteiger partial charge >= 0.3 is 0 Å². The van der Waals surface area contributed by atoms with Crippen molar-refractivity contribution in [2.75, 3.05) is 17.4 Å². The van der Waals surface area contributed by atoms with Crippen LogP contribution in [0.15, 0.2) is 77.7 Å². The molecule has 11 heteroatoms. The van der Waals surface area contributed by atoms with E-state index in [2.05, 4.69) is 5.32 Å². The average molecular weight is 611 g/mol. The Labute approximate surface area is 244 Å². The molecule has 0 saturated heterocycles. The van der Waals surface area contributed by atoms with Gasteiger partial charge in [0.15, 0.2) is 0 Å². The summed E-state index contributed by atoms with van der Waals surface area (Å²) in [6, 6.07) is 18.2. The van der Waals surface area contributed by atoms with Gasteiger partial charge in [0.25, 0.3) is 10.0 Å². The molecule has 1 atom stereocenters. The molecular formula is C28H30Cl3N3O4S. The number of benzene rings is 3. The lowest BCUT2D eigenvalue weighted by molar-refractivity contribution is -0.140. The largest absolute Gasteiger partial charge is 0.354 e. The number of amides is 2. The third kappa shape index (κ3) is 7.88. The van der Waals surface area contributed by atoms with Crippen molar-refractivity contribution in [3.63, 3.8) is 0 Å². The maximum absolute atomic E-state index is 14.0. The lowest BCUT2D eigenvalue weighted by Gasteiger charge is -2.33. The van der Waals surface area contributed by atoms with Gasteiger partial charge in [0, 0.05) is 18.1 Å². The molecule has 208 valence electrons. The van der Waals surface area contributed by atoms with Crippen molar-refractivity contribution >= 4 is 62.3 Å². The summed E-state index contributed by atoms with van der Waals surface area (Å²) in [5.74, 6) is -0.873. The lowest BCUT2D eigenvalue weighted by Crippen LogP contribution is -2.52. The molecule has 3 rings (SSSR count). The summed E-state index contributed by atoms with van der Waals surface area (Å²) < 4.78 is 28.5.